The van der Waals surface area contributed by atoms with Crippen LogP contribution in [0.25, 0.3) is 22.2 Å². The van der Waals surface area contributed by atoms with Gasteiger partial charge in [-0.05, 0) is 56.3 Å². The van der Waals surface area contributed by atoms with Crippen LogP contribution < -0.4 is 15.6 Å². The molecule has 0 saturated heterocycles. The van der Waals surface area contributed by atoms with Gasteiger partial charge in [-0.25, -0.2) is 4.68 Å². The molecule has 2 aromatic carbocycles. The number of aryl methyl sites for hydroxylation is 1. The van der Waals surface area contributed by atoms with Gasteiger partial charge in [-0.3, -0.25) is 14.6 Å². The number of amides is 1. The average molecular weight is 414 g/mol. The second-order valence-corrected chi connectivity index (χ2v) is 7.22. The number of benzene rings is 2. The lowest BCUT2D eigenvalue weighted by Gasteiger charge is -2.16. The molecule has 0 saturated carbocycles. The molecule has 1 amide bonds. The maximum absolute atomic E-state index is 13.0. The fraction of sp³-hybridized carbons (Fsp3) is 0.167. The number of nitrogens with zero attached hydrogens (tertiary/aromatic N) is 3. The number of ether oxygens (including phenoxy) is 1. The molecule has 0 radical (unpaired) electrons. The number of para-hydroxylation sites is 1. The van der Waals surface area contributed by atoms with Crippen LogP contribution in [0.5, 0.6) is 5.75 Å². The molecule has 0 fully saturated rings. The largest absolute Gasteiger partial charge is 0.497 e. The van der Waals surface area contributed by atoms with E-state index in [1.807, 2.05) is 61.5 Å². The number of pyridine rings is 1. The normalized spacial score (nSPS) is 11.8. The highest BCUT2D eigenvalue weighted by Crippen LogP contribution is 2.24. The summed E-state index contributed by atoms with van der Waals surface area (Å²) < 4.78 is 6.38. The Morgan fingerprint density at radius 2 is 1.81 bits per heavy atom. The van der Waals surface area contributed by atoms with Crippen LogP contribution in [0, 0.1) is 6.92 Å². The van der Waals surface area contributed by atoms with E-state index < -0.39 is 6.04 Å². The highest BCUT2D eigenvalue weighted by Gasteiger charge is 2.19. The van der Waals surface area contributed by atoms with Gasteiger partial charge in [-0.2, -0.15) is 5.10 Å². The number of carbonyl (C=O) groups excluding carboxylic acids is 1. The third-order valence-electron chi connectivity index (χ3n) is 5.06. The predicted molar refractivity (Wildman–Crippen MR) is 120 cm³/mol. The number of aromatic nitrogens is 3. The number of methoxy groups -OCH3 is 1. The number of rotatable bonds is 5. The highest BCUT2D eigenvalue weighted by molar-refractivity contribution is 6.02. The quantitative estimate of drug-likeness (QED) is 0.534. The van der Waals surface area contributed by atoms with Gasteiger partial charge < -0.3 is 10.1 Å². The number of carbonyl (C=O) groups is 1. The summed E-state index contributed by atoms with van der Waals surface area (Å²) in [5.41, 5.74) is 3.29. The first kappa shape index (κ1) is 20.3. The topological polar surface area (TPSA) is 86.1 Å². The number of nitrogens with one attached hydrogen (secondary N) is 1. The van der Waals surface area contributed by atoms with E-state index in [-0.39, 0.29) is 11.5 Å². The number of fused-ring (bicyclic) bond motifs is 1. The minimum Gasteiger partial charge on any atom is -0.497 e. The summed E-state index contributed by atoms with van der Waals surface area (Å²) in [5.74, 6) is 0.391. The molecule has 1 N–H and O–H groups in total. The molecule has 2 heterocycles. The van der Waals surface area contributed by atoms with Crippen molar-refractivity contribution in [3.05, 3.63) is 82.8 Å². The van der Waals surface area contributed by atoms with Gasteiger partial charge >= 0.3 is 0 Å². The van der Waals surface area contributed by atoms with Gasteiger partial charge in [0.1, 0.15) is 11.8 Å². The molecule has 4 aromatic rings. The van der Waals surface area contributed by atoms with Gasteiger partial charge in [-0.1, -0.05) is 18.2 Å². The molecule has 0 bridgehead atoms. The molecule has 156 valence electrons. The van der Waals surface area contributed by atoms with Gasteiger partial charge in [0.05, 0.1) is 24.0 Å². The summed E-state index contributed by atoms with van der Waals surface area (Å²) >= 11 is 0. The van der Waals surface area contributed by atoms with Crippen molar-refractivity contribution in [1.82, 2.24) is 14.8 Å². The second kappa shape index (κ2) is 8.39. The molecule has 7 nitrogen and oxygen atoms in total. The number of hydrogen-bond acceptors (Lipinski definition) is 5. The lowest BCUT2D eigenvalue weighted by molar-refractivity contribution is -0.119. The minimum atomic E-state index is -0.807. The molecule has 31 heavy (non-hydrogen) atoms. The fourth-order valence-electron chi connectivity index (χ4n) is 3.38. The number of anilines is 1. The van der Waals surface area contributed by atoms with E-state index in [4.69, 9.17) is 4.74 Å². The van der Waals surface area contributed by atoms with Crippen LogP contribution in [0.4, 0.5) is 5.69 Å². The molecule has 0 spiro atoms. The lowest BCUT2D eigenvalue weighted by Crippen LogP contribution is -2.33. The Bertz CT molecular complexity index is 1310. The second-order valence-electron chi connectivity index (χ2n) is 7.22. The monoisotopic (exact) mass is 414 g/mol. The van der Waals surface area contributed by atoms with Gasteiger partial charge in [0.2, 0.25) is 5.91 Å². The summed E-state index contributed by atoms with van der Waals surface area (Å²) in [6, 6.07) is 19.0. The molecule has 1 unspecified atom stereocenters. The molecular weight excluding hydrogens is 392 g/mol. The lowest BCUT2D eigenvalue weighted by atomic mass is 10.1. The Hall–Kier alpha value is -4.00. The Balaban J connectivity index is 1.64. The van der Waals surface area contributed by atoms with Crippen molar-refractivity contribution in [3.63, 3.8) is 0 Å². The van der Waals surface area contributed by atoms with Crippen molar-refractivity contribution in [2.75, 3.05) is 12.4 Å². The van der Waals surface area contributed by atoms with E-state index in [1.165, 1.54) is 10.7 Å². The van der Waals surface area contributed by atoms with Crippen molar-refractivity contribution in [3.8, 4) is 17.0 Å². The fourth-order valence-corrected chi connectivity index (χ4v) is 3.38. The Kier molecular flexibility index (Phi) is 5.49. The number of hydrogen-bond donors (Lipinski definition) is 1. The standard InChI is InChI=1S/C24H22N4O3/c1-15-14-22(19-6-4-5-7-21(19)25-15)26-24(30)16(2)28-23(29)13-12-20(27-28)17-8-10-18(31-3)11-9-17/h4-14,16H,1-3H3,(H,25,26,30). The first-order valence-corrected chi connectivity index (χ1v) is 9.88. The Morgan fingerprint density at radius 1 is 1.06 bits per heavy atom. The molecule has 4 rings (SSSR count). The molecule has 2 aromatic heterocycles. The maximum Gasteiger partial charge on any atom is 0.267 e. The summed E-state index contributed by atoms with van der Waals surface area (Å²) in [5, 5.41) is 8.20. The third kappa shape index (κ3) is 4.16. The van der Waals surface area contributed by atoms with E-state index in [9.17, 15) is 9.59 Å². The molecule has 1 atom stereocenters. The molecule has 0 aliphatic rings. The zero-order valence-corrected chi connectivity index (χ0v) is 17.5. The Morgan fingerprint density at radius 3 is 2.55 bits per heavy atom. The predicted octanol–water partition coefficient (Wildman–Crippen LogP) is 3.98. The summed E-state index contributed by atoms with van der Waals surface area (Å²) in [6.45, 7) is 3.52. The van der Waals surface area contributed by atoms with Crippen molar-refractivity contribution < 1.29 is 9.53 Å². The zero-order valence-electron chi connectivity index (χ0n) is 17.5. The van der Waals surface area contributed by atoms with Gasteiger partial charge in [0.15, 0.2) is 0 Å². The van der Waals surface area contributed by atoms with Crippen molar-refractivity contribution in [2.45, 2.75) is 19.9 Å². The smallest absolute Gasteiger partial charge is 0.267 e. The van der Waals surface area contributed by atoms with Gasteiger partial charge in [0.25, 0.3) is 5.56 Å². The van der Waals surface area contributed by atoms with Crippen LogP contribution in [0.1, 0.15) is 18.7 Å². The van der Waals surface area contributed by atoms with Crippen molar-refractivity contribution >= 4 is 22.5 Å². The van der Waals surface area contributed by atoms with Crippen LogP contribution in [0.3, 0.4) is 0 Å². The summed E-state index contributed by atoms with van der Waals surface area (Å²) in [6.07, 6.45) is 0. The highest BCUT2D eigenvalue weighted by atomic mass is 16.5. The van der Waals surface area contributed by atoms with E-state index >= 15 is 0 Å². The summed E-state index contributed by atoms with van der Waals surface area (Å²) in [4.78, 5) is 30.0. The van der Waals surface area contributed by atoms with Crippen molar-refractivity contribution in [2.24, 2.45) is 0 Å². The van der Waals surface area contributed by atoms with Crippen LogP contribution in [-0.4, -0.2) is 27.8 Å². The van der Waals surface area contributed by atoms with Gasteiger partial charge in [0, 0.05) is 22.7 Å². The van der Waals surface area contributed by atoms with Crippen molar-refractivity contribution in [1.29, 1.82) is 0 Å². The van der Waals surface area contributed by atoms with E-state index in [0.29, 0.717) is 11.4 Å². The minimum absolute atomic E-state index is 0.336. The zero-order chi connectivity index (χ0) is 22.0. The first-order valence-electron chi connectivity index (χ1n) is 9.88. The van der Waals surface area contributed by atoms with Gasteiger partial charge in [-0.15, -0.1) is 0 Å². The van der Waals surface area contributed by atoms with Crippen LogP contribution in [0.15, 0.2) is 71.5 Å². The molecule has 0 aliphatic heterocycles. The maximum atomic E-state index is 13.0. The summed E-state index contributed by atoms with van der Waals surface area (Å²) in [7, 11) is 1.60. The molecular formula is C24H22N4O3. The first-order chi connectivity index (χ1) is 15.0. The van der Waals surface area contributed by atoms with Crippen LogP contribution in [0.2, 0.25) is 0 Å². The van der Waals surface area contributed by atoms with Crippen LogP contribution in [-0.2, 0) is 4.79 Å². The molecule has 0 aliphatic carbocycles. The SMILES string of the molecule is COc1ccc(-c2ccc(=O)n(C(C)C(=O)Nc3cc(C)nc4ccccc34)n2)cc1. The van der Waals surface area contributed by atoms with E-state index in [2.05, 4.69) is 15.4 Å². The van der Waals surface area contributed by atoms with E-state index in [1.54, 1.807) is 20.1 Å². The molecule has 7 heteroatoms. The average Bonchev–Trinajstić information content (AvgIpc) is 2.79. The Labute approximate surface area is 179 Å². The third-order valence-corrected chi connectivity index (χ3v) is 5.06. The van der Waals surface area contributed by atoms with Crippen LogP contribution >= 0.6 is 0 Å². The van der Waals surface area contributed by atoms with E-state index in [0.717, 1.165) is 27.9 Å².